The van der Waals surface area contributed by atoms with Crippen LogP contribution in [0, 0.1) is 6.92 Å². The average molecular weight is 505 g/mol. The Hall–Kier alpha value is -2.91. The van der Waals surface area contributed by atoms with Crippen molar-refractivity contribution in [1.29, 1.82) is 0 Å². The zero-order chi connectivity index (χ0) is 24.9. The maximum atomic E-state index is 13.6. The van der Waals surface area contributed by atoms with E-state index in [2.05, 4.69) is 15.0 Å². The lowest BCUT2D eigenvalue weighted by Gasteiger charge is -2.43. The maximum absolute atomic E-state index is 13.6. The summed E-state index contributed by atoms with van der Waals surface area (Å²) in [5.74, 6) is 0.448. The van der Waals surface area contributed by atoms with E-state index in [1.807, 2.05) is 45.6 Å². The molecule has 0 aromatic carbocycles. The first-order chi connectivity index (χ1) is 16.0. The number of fused-ring (bicyclic) bond motifs is 1. The molecule has 1 aliphatic rings. The van der Waals surface area contributed by atoms with E-state index in [0.29, 0.717) is 29.1 Å². The van der Waals surface area contributed by atoms with E-state index in [1.165, 1.54) is 9.47 Å². The first-order valence-corrected chi connectivity index (χ1v) is 11.8. The van der Waals surface area contributed by atoms with Gasteiger partial charge in [-0.25, -0.2) is 19.1 Å². The summed E-state index contributed by atoms with van der Waals surface area (Å²) < 4.78 is 1.44. The van der Waals surface area contributed by atoms with Crippen LogP contribution >= 0.6 is 23.2 Å². The smallest absolute Gasteiger partial charge is 0.407 e. The Morgan fingerprint density at radius 3 is 2.53 bits per heavy atom. The van der Waals surface area contributed by atoms with Crippen molar-refractivity contribution in [3.63, 3.8) is 0 Å². The van der Waals surface area contributed by atoms with Crippen molar-refractivity contribution in [2.24, 2.45) is 0 Å². The molecule has 1 amide bonds. The number of amides is 1. The molecule has 11 heteroatoms. The predicted molar refractivity (Wildman–Crippen MR) is 133 cm³/mol. The van der Waals surface area contributed by atoms with Gasteiger partial charge in [0.25, 0.3) is 0 Å². The first kappa shape index (κ1) is 24.2. The Morgan fingerprint density at radius 1 is 1.18 bits per heavy atom. The maximum Gasteiger partial charge on any atom is 0.407 e. The molecule has 34 heavy (non-hydrogen) atoms. The van der Waals surface area contributed by atoms with Gasteiger partial charge >= 0.3 is 11.8 Å². The Labute approximate surface area is 207 Å². The molecule has 0 aliphatic carbocycles. The van der Waals surface area contributed by atoms with Crippen molar-refractivity contribution in [3.8, 4) is 5.69 Å². The van der Waals surface area contributed by atoms with Crippen LogP contribution in [0.1, 0.15) is 44.9 Å². The average Bonchev–Trinajstić information content (AvgIpc) is 2.76. The fourth-order valence-electron chi connectivity index (χ4n) is 4.48. The Balaban J connectivity index is 2.01. The van der Waals surface area contributed by atoms with Gasteiger partial charge < -0.3 is 14.9 Å². The summed E-state index contributed by atoms with van der Waals surface area (Å²) in [5, 5.41) is 10.4. The minimum absolute atomic E-state index is 0.0456. The van der Waals surface area contributed by atoms with Crippen molar-refractivity contribution in [2.75, 3.05) is 18.0 Å². The topological polar surface area (TPSA) is 104 Å². The first-order valence-electron chi connectivity index (χ1n) is 11.0. The monoisotopic (exact) mass is 504 g/mol. The number of piperazine rings is 1. The number of halogens is 2. The van der Waals surface area contributed by atoms with Crippen molar-refractivity contribution in [3.05, 3.63) is 50.2 Å². The van der Waals surface area contributed by atoms with Crippen LogP contribution in [0.3, 0.4) is 0 Å². The molecule has 9 nitrogen and oxygen atoms in total. The minimum Gasteiger partial charge on any atom is -0.465 e. The number of aromatic nitrogens is 4. The summed E-state index contributed by atoms with van der Waals surface area (Å²) >= 11 is 12.7. The van der Waals surface area contributed by atoms with Crippen LogP contribution in [-0.2, 0) is 0 Å². The van der Waals surface area contributed by atoms with Gasteiger partial charge in [0.1, 0.15) is 11.0 Å². The number of rotatable bonds is 3. The van der Waals surface area contributed by atoms with Crippen molar-refractivity contribution < 1.29 is 9.90 Å². The van der Waals surface area contributed by atoms with Crippen LogP contribution < -0.4 is 10.6 Å². The van der Waals surface area contributed by atoms with E-state index in [4.69, 9.17) is 23.2 Å². The third-order valence-corrected chi connectivity index (χ3v) is 6.86. The highest BCUT2D eigenvalue weighted by molar-refractivity contribution is 6.41. The molecule has 3 aromatic heterocycles. The highest BCUT2D eigenvalue weighted by Crippen LogP contribution is 2.34. The second kappa shape index (κ2) is 9.03. The molecule has 1 fully saturated rings. The van der Waals surface area contributed by atoms with Gasteiger partial charge in [-0.15, -0.1) is 0 Å². The van der Waals surface area contributed by atoms with Gasteiger partial charge in [0, 0.05) is 31.4 Å². The van der Waals surface area contributed by atoms with Crippen LogP contribution in [0.5, 0.6) is 0 Å². The molecule has 180 valence electrons. The van der Waals surface area contributed by atoms with E-state index in [-0.39, 0.29) is 34.7 Å². The molecular formula is C23H26Cl2N6O3. The number of nitrogens with zero attached hydrogens (tertiary/aromatic N) is 6. The molecule has 1 N–H and O–H groups in total. The fourth-order valence-corrected chi connectivity index (χ4v) is 4.76. The summed E-state index contributed by atoms with van der Waals surface area (Å²) in [6.45, 7) is 10.3. The molecule has 0 saturated carbocycles. The lowest BCUT2D eigenvalue weighted by molar-refractivity contribution is 0.114. The predicted octanol–water partition coefficient (Wildman–Crippen LogP) is 4.49. The van der Waals surface area contributed by atoms with Crippen LogP contribution in [0.2, 0.25) is 10.2 Å². The molecule has 3 aromatic rings. The van der Waals surface area contributed by atoms with E-state index in [0.717, 1.165) is 11.3 Å². The van der Waals surface area contributed by atoms with E-state index >= 15 is 0 Å². The van der Waals surface area contributed by atoms with Gasteiger partial charge in [0.2, 0.25) is 0 Å². The standard InChI is InChI=1S/C23H26Cl2N6O3/c1-11(2)17-18(12(3)6-7-26-17)31-21-15(8-16(24)19(25)27-21)20(28-22(31)32)29-9-14(5)30(23(33)34)10-13(29)4/h6-8,11,13-14H,9-10H2,1-5H3,(H,33,34). The summed E-state index contributed by atoms with van der Waals surface area (Å²) in [6, 6.07) is 2.97. The number of carbonyl (C=O) groups is 1. The highest BCUT2D eigenvalue weighted by atomic mass is 35.5. The van der Waals surface area contributed by atoms with Gasteiger partial charge in [0.05, 0.1) is 21.8 Å². The van der Waals surface area contributed by atoms with E-state index in [1.54, 1.807) is 12.3 Å². The van der Waals surface area contributed by atoms with Gasteiger partial charge in [-0.1, -0.05) is 37.0 Å². The molecule has 0 bridgehead atoms. The van der Waals surface area contributed by atoms with Crippen molar-refractivity contribution in [1.82, 2.24) is 24.4 Å². The van der Waals surface area contributed by atoms with Crippen molar-refractivity contribution >= 4 is 46.1 Å². The van der Waals surface area contributed by atoms with Crippen LogP contribution in [-0.4, -0.2) is 60.8 Å². The lowest BCUT2D eigenvalue weighted by Crippen LogP contribution is -2.58. The number of pyridine rings is 2. The van der Waals surface area contributed by atoms with Crippen LogP contribution in [0.25, 0.3) is 16.7 Å². The molecule has 2 atom stereocenters. The summed E-state index contributed by atoms with van der Waals surface area (Å²) in [5.41, 5.74) is 2.01. The molecule has 1 saturated heterocycles. The molecule has 2 unspecified atom stereocenters. The van der Waals surface area contributed by atoms with Gasteiger partial charge in [-0.05, 0) is 44.4 Å². The molecule has 4 rings (SSSR count). The third kappa shape index (κ3) is 4.07. The SMILES string of the molecule is Cc1ccnc(C(C)C)c1-n1c(=O)nc(N2CC(C)N(C(=O)O)CC2C)c2cc(Cl)c(Cl)nc21. The molecule has 1 aliphatic heterocycles. The number of aryl methyl sites for hydroxylation is 1. The molecular weight excluding hydrogens is 479 g/mol. The molecule has 4 heterocycles. The number of carboxylic acid groups (broad SMARTS) is 1. The van der Waals surface area contributed by atoms with E-state index < -0.39 is 11.8 Å². The third-order valence-electron chi connectivity index (χ3n) is 6.19. The summed E-state index contributed by atoms with van der Waals surface area (Å²) in [6.07, 6.45) is 0.739. The number of anilines is 1. The van der Waals surface area contributed by atoms with Gasteiger partial charge in [0.15, 0.2) is 5.65 Å². The largest absolute Gasteiger partial charge is 0.465 e. The Kier molecular flexibility index (Phi) is 6.44. The Morgan fingerprint density at radius 2 is 1.88 bits per heavy atom. The Bertz CT molecular complexity index is 1340. The second-order valence-electron chi connectivity index (χ2n) is 8.99. The zero-order valence-electron chi connectivity index (χ0n) is 19.6. The van der Waals surface area contributed by atoms with Gasteiger partial charge in [-0.3, -0.25) is 4.98 Å². The fraction of sp³-hybridized carbons (Fsp3) is 0.435. The minimum atomic E-state index is -0.975. The van der Waals surface area contributed by atoms with Crippen molar-refractivity contribution in [2.45, 2.75) is 52.6 Å². The second-order valence-corrected chi connectivity index (χ2v) is 9.75. The summed E-state index contributed by atoms with van der Waals surface area (Å²) in [4.78, 5) is 42.0. The van der Waals surface area contributed by atoms with Crippen LogP contribution in [0.15, 0.2) is 23.1 Å². The molecule has 0 spiro atoms. The van der Waals surface area contributed by atoms with Gasteiger partial charge in [-0.2, -0.15) is 4.98 Å². The lowest BCUT2D eigenvalue weighted by atomic mass is 10.0. The number of hydrogen-bond donors (Lipinski definition) is 1. The highest BCUT2D eigenvalue weighted by Gasteiger charge is 2.34. The number of hydrogen-bond acceptors (Lipinski definition) is 6. The van der Waals surface area contributed by atoms with E-state index in [9.17, 15) is 14.7 Å². The zero-order valence-corrected chi connectivity index (χ0v) is 21.1. The molecule has 0 radical (unpaired) electrons. The quantitative estimate of drug-likeness (QED) is 0.523. The van der Waals surface area contributed by atoms with Crippen LogP contribution in [0.4, 0.5) is 10.6 Å². The summed E-state index contributed by atoms with van der Waals surface area (Å²) in [7, 11) is 0. The normalized spacial score (nSPS) is 18.7.